The molecule has 4 heteroatoms. The number of rotatable bonds is 7. The molecule has 0 aromatic heterocycles. The smallest absolute Gasteiger partial charge is 0.123 e. The van der Waals surface area contributed by atoms with E-state index in [4.69, 9.17) is 10.5 Å². The van der Waals surface area contributed by atoms with E-state index in [2.05, 4.69) is 13.8 Å². The van der Waals surface area contributed by atoms with Crippen molar-refractivity contribution >= 4 is 10.8 Å². The average Bonchev–Trinajstić information content (AvgIpc) is 2.36. The Kier molecular flexibility index (Phi) is 6.36. The van der Waals surface area contributed by atoms with Gasteiger partial charge in [0, 0.05) is 28.7 Å². The maximum Gasteiger partial charge on any atom is 0.123 e. The van der Waals surface area contributed by atoms with Crippen molar-refractivity contribution in [3.8, 4) is 5.75 Å². The Balaban J connectivity index is 2.72. The van der Waals surface area contributed by atoms with E-state index in [1.807, 2.05) is 18.2 Å². The third-order valence-electron chi connectivity index (χ3n) is 2.82. The molecule has 3 nitrogen and oxygen atoms in total. The summed E-state index contributed by atoms with van der Waals surface area (Å²) >= 11 is 0. The minimum absolute atomic E-state index is 0.496. The van der Waals surface area contributed by atoms with E-state index in [9.17, 15) is 4.21 Å². The Bertz CT molecular complexity index is 405. The molecular weight excluding hydrogens is 246 g/mol. The van der Waals surface area contributed by atoms with Gasteiger partial charge >= 0.3 is 0 Å². The molecule has 0 fully saturated rings. The predicted octanol–water partition coefficient (Wildman–Crippen LogP) is 2.45. The molecular formula is C14H23NO2S. The summed E-state index contributed by atoms with van der Waals surface area (Å²) in [5, 5.41) is 0. The Hall–Kier alpha value is -0.870. The van der Waals surface area contributed by atoms with E-state index >= 15 is 0 Å². The molecule has 0 amide bonds. The third kappa shape index (κ3) is 4.78. The molecule has 1 atom stereocenters. The SMILES string of the molecule is COc1ccc(CN)cc1CS(=O)CCC(C)C. The number of benzene rings is 1. The molecule has 0 radical (unpaired) electrons. The summed E-state index contributed by atoms with van der Waals surface area (Å²) < 4.78 is 17.3. The highest BCUT2D eigenvalue weighted by Gasteiger charge is 2.09. The van der Waals surface area contributed by atoms with E-state index in [-0.39, 0.29) is 0 Å². The first kappa shape index (κ1) is 15.2. The molecule has 1 unspecified atom stereocenters. The van der Waals surface area contributed by atoms with Crippen LogP contribution in [-0.2, 0) is 23.1 Å². The van der Waals surface area contributed by atoms with Crippen LogP contribution in [0.25, 0.3) is 0 Å². The zero-order valence-corrected chi connectivity index (χ0v) is 12.3. The van der Waals surface area contributed by atoms with Crippen LogP contribution in [0.15, 0.2) is 18.2 Å². The molecule has 1 aromatic rings. The first-order valence-corrected chi connectivity index (χ1v) is 7.76. The van der Waals surface area contributed by atoms with Crippen molar-refractivity contribution in [2.75, 3.05) is 12.9 Å². The molecule has 1 aromatic carbocycles. The number of ether oxygens (including phenoxy) is 1. The second-order valence-corrected chi connectivity index (χ2v) is 6.40. The van der Waals surface area contributed by atoms with Crippen LogP contribution in [0.2, 0.25) is 0 Å². The maximum absolute atomic E-state index is 12.0. The van der Waals surface area contributed by atoms with E-state index in [1.165, 1.54) is 0 Å². The number of methoxy groups -OCH3 is 1. The number of nitrogens with two attached hydrogens (primary N) is 1. The predicted molar refractivity (Wildman–Crippen MR) is 77.1 cm³/mol. The quantitative estimate of drug-likeness (QED) is 0.827. The standard InChI is InChI=1S/C14H23NO2S/c1-11(2)6-7-18(16)10-13-8-12(9-15)4-5-14(13)17-3/h4-5,8,11H,6-7,9-10,15H2,1-3H3. The van der Waals surface area contributed by atoms with E-state index in [0.29, 0.717) is 18.2 Å². The fourth-order valence-corrected chi connectivity index (χ4v) is 3.14. The number of hydrogen-bond acceptors (Lipinski definition) is 3. The van der Waals surface area contributed by atoms with Crippen molar-refractivity contribution < 1.29 is 8.95 Å². The van der Waals surface area contributed by atoms with Crippen LogP contribution in [0.4, 0.5) is 0 Å². The molecule has 0 saturated carbocycles. The van der Waals surface area contributed by atoms with Crippen LogP contribution < -0.4 is 10.5 Å². The van der Waals surface area contributed by atoms with Crippen molar-refractivity contribution in [3.05, 3.63) is 29.3 Å². The highest BCUT2D eigenvalue weighted by Crippen LogP contribution is 2.21. The molecule has 2 N–H and O–H groups in total. The van der Waals surface area contributed by atoms with Crippen molar-refractivity contribution in [1.82, 2.24) is 0 Å². The molecule has 0 aliphatic heterocycles. The van der Waals surface area contributed by atoms with Crippen molar-refractivity contribution in [2.24, 2.45) is 11.7 Å². The highest BCUT2D eigenvalue weighted by atomic mass is 32.2. The van der Waals surface area contributed by atoms with Gasteiger partial charge in [0.15, 0.2) is 0 Å². The van der Waals surface area contributed by atoms with Gasteiger partial charge in [-0.05, 0) is 30.0 Å². The summed E-state index contributed by atoms with van der Waals surface area (Å²) in [6, 6.07) is 5.84. The Morgan fingerprint density at radius 1 is 1.39 bits per heavy atom. The Morgan fingerprint density at radius 2 is 2.11 bits per heavy atom. The molecule has 18 heavy (non-hydrogen) atoms. The first-order chi connectivity index (χ1) is 8.56. The molecule has 0 aliphatic rings. The zero-order valence-electron chi connectivity index (χ0n) is 11.4. The molecule has 0 bridgehead atoms. The summed E-state index contributed by atoms with van der Waals surface area (Å²) in [4.78, 5) is 0. The van der Waals surface area contributed by atoms with Gasteiger partial charge in [-0.3, -0.25) is 4.21 Å². The minimum atomic E-state index is -0.835. The summed E-state index contributed by atoms with van der Waals surface area (Å²) in [5.74, 6) is 2.67. The lowest BCUT2D eigenvalue weighted by atomic mass is 10.1. The van der Waals surface area contributed by atoms with E-state index in [0.717, 1.165) is 29.1 Å². The first-order valence-electron chi connectivity index (χ1n) is 6.27. The fourth-order valence-electron chi connectivity index (χ4n) is 1.68. The Morgan fingerprint density at radius 3 is 2.67 bits per heavy atom. The van der Waals surface area contributed by atoms with Gasteiger partial charge in [0.05, 0.1) is 12.9 Å². The van der Waals surface area contributed by atoms with Crippen LogP contribution in [-0.4, -0.2) is 17.1 Å². The molecule has 0 heterocycles. The van der Waals surface area contributed by atoms with Crippen LogP contribution in [0.3, 0.4) is 0 Å². The van der Waals surface area contributed by atoms with Gasteiger partial charge < -0.3 is 10.5 Å². The molecule has 1 rings (SSSR count). The fraction of sp³-hybridized carbons (Fsp3) is 0.571. The molecule has 0 saturated heterocycles. The third-order valence-corrected chi connectivity index (χ3v) is 4.14. The van der Waals surface area contributed by atoms with Crippen LogP contribution in [0, 0.1) is 5.92 Å². The van der Waals surface area contributed by atoms with Crippen molar-refractivity contribution in [1.29, 1.82) is 0 Å². The largest absolute Gasteiger partial charge is 0.496 e. The highest BCUT2D eigenvalue weighted by molar-refractivity contribution is 7.84. The monoisotopic (exact) mass is 269 g/mol. The maximum atomic E-state index is 12.0. The normalized spacial score (nSPS) is 12.7. The number of hydrogen-bond donors (Lipinski definition) is 1. The summed E-state index contributed by atoms with van der Waals surface area (Å²) in [7, 11) is 0.802. The Labute approximate surface area is 112 Å². The minimum Gasteiger partial charge on any atom is -0.496 e. The van der Waals surface area contributed by atoms with Gasteiger partial charge in [0.1, 0.15) is 5.75 Å². The summed E-state index contributed by atoms with van der Waals surface area (Å²) in [5.41, 5.74) is 7.66. The van der Waals surface area contributed by atoms with E-state index in [1.54, 1.807) is 7.11 Å². The van der Waals surface area contributed by atoms with Gasteiger partial charge in [-0.2, -0.15) is 0 Å². The van der Waals surface area contributed by atoms with E-state index < -0.39 is 10.8 Å². The molecule has 102 valence electrons. The van der Waals surface area contributed by atoms with Gasteiger partial charge in [-0.15, -0.1) is 0 Å². The van der Waals surface area contributed by atoms with Gasteiger partial charge in [0.2, 0.25) is 0 Å². The lowest BCUT2D eigenvalue weighted by Gasteiger charge is -2.10. The zero-order chi connectivity index (χ0) is 13.5. The second-order valence-electron chi connectivity index (χ2n) is 4.82. The lowest BCUT2D eigenvalue weighted by Crippen LogP contribution is -2.06. The average molecular weight is 269 g/mol. The topological polar surface area (TPSA) is 52.3 Å². The summed E-state index contributed by atoms with van der Waals surface area (Å²) in [6.45, 7) is 4.79. The second kappa shape index (κ2) is 7.54. The van der Waals surface area contributed by atoms with Gasteiger partial charge in [-0.1, -0.05) is 19.9 Å². The van der Waals surface area contributed by atoms with Gasteiger partial charge in [-0.25, -0.2) is 0 Å². The lowest BCUT2D eigenvalue weighted by molar-refractivity contribution is 0.411. The molecule has 0 aliphatic carbocycles. The van der Waals surface area contributed by atoms with Crippen LogP contribution >= 0.6 is 0 Å². The molecule has 0 spiro atoms. The van der Waals surface area contributed by atoms with Gasteiger partial charge in [0.25, 0.3) is 0 Å². The van der Waals surface area contributed by atoms with Crippen LogP contribution in [0.1, 0.15) is 31.4 Å². The van der Waals surface area contributed by atoms with Crippen molar-refractivity contribution in [3.63, 3.8) is 0 Å². The summed E-state index contributed by atoms with van der Waals surface area (Å²) in [6.07, 6.45) is 0.992. The van der Waals surface area contributed by atoms with Crippen LogP contribution in [0.5, 0.6) is 5.75 Å². The van der Waals surface area contributed by atoms with Crippen molar-refractivity contribution in [2.45, 2.75) is 32.6 Å².